The Morgan fingerprint density at radius 1 is 0.326 bits per heavy atom. The van der Waals surface area contributed by atoms with Crippen LogP contribution < -0.4 is 31.9 Å². The predicted molar refractivity (Wildman–Crippen MR) is 531 cm³/mol. The van der Waals surface area contributed by atoms with Crippen LogP contribution in [-0.4, -0.2) is 173 Å². The van der Waals surface area contributed by atoms with Gasteiger partial charge in [0, 0.05) is 173 Å². The number of carbonyl (C=O) groups is 6. The molecule has 1 aliphatic carbocycles. The number of hydrogen-bond donors (Lipinski definition) is 6. The van der Waals surface area contributed by atoms with Gasteiger partial charge >= 0.3 is 0 Å². The highest BCUT2D eigenvalue weighted by Crippen LogP contribution is 2.39. The molecule has 24 nitrogen and oxygen atoms in total. The second-order valence-electron chi connectivity index (χ2n) is 35.9. The van der Waals surface area contributed by atoms with Crippen LogP contribution in [0.3, 0.4) is 0 Å². The van der Waals surface area contributed by atoms with Crippen molar-refractivity contribution >= 4 is 134 Å². The van der Waals surface area contributed by atoms with Crippen molar-refractivity contribution < 1.29 is 28.8 Å². The number of piperidine rings is 5. The van der Waals surface area contributed by atoms with Gasteiger partial charge in [-0.1, -0.05) is 167 Å². The number of nitrogens with zero attached hydrogens (tertiary/aromatic N) is 12. The molecule has 6 aliphatic heterocycles. The van der Waals surface area contributed by atoms with Crippen LogP contribution in [0.25, 0.3) is 0 Å². The van der Waals surface area contributed by atoms with E-state index < -0.39 is 0 Å². The Balaban J connectivity index is 0.000000140. The first kappa shape index (κ1) is 99.3. The Labute approximate surface area is 788 Å². The van der Waals surface area contributed by atoms with Gasteiger partial charge in [-0.05, 0) is 200 Å². The van der Waals surface area contributed by atoms with Crippen LogP contribution in [0.5, 0.6) is 0 Å². The number of rotatable bonds is 25. The Hall–Kier alpha value is -8.76. The minimum Gasteiger partial charge on any atom is -0.302 e. The summed E-state index contributed by atoms with van der Waals surface area (Å²) in [5.41, 5.74) is 7.14. The molecule has 17 rings (SSSR count). The van der Waals surface area contributed by atoms with Gasteiger partial charge in [0.1, 0.15) is 0 Å². The van der Waals surface area contributed by atoms with E-state index in [0.717, 1.165) is 126 Å². The Morgan fingerprint density at radius 3 is 1.03 bits per heavy atom. The highest BCUT2D eigenvalue weighted by molar-refractivity contribution is 7.17. The van der Waals surface area contributed by atoms with Crippen LogP contribution in [0.2, 0.25) is 0 Å². The van der Waals surface area contributed by atoms with Gasteiger partial charge in [-0.25, -0.2) is 29.9 Å². The lowest BCUT2D eigenvalue weighted by Crippen LogP contribution is -2.43. The van der Waals surface area contributed by atoms with Gasteiger partial charge in [0.25, 0.3) is 0 Å². The van der Waals surface area contributed by atoms with Gasteiger partial charge in [-0.15, -0.1) is 68.0 Å². The quantitative estimate of drug-likeness (QED) is 0.0310. The van der Waals surface area contributed by atoms with Crippen LogP contribution >= 0.6 is 68.0 Å². The fourth-order valence-electron chi connectivity index (χ4n) is 18.3. The van der Waals surface area contributed by atoms with E-state index in [9.17, 15) is 28.8 Å². The molecule has 6 N–H and O–H groups in total. The number of carbonyl (C=O) groups excluding carboxylic acids is 6. The fourth-order valence-corrected chi connectivity index (χ4v) is 23.7. The van der Waals surface area contributed by atoms with E-state index in [0.29, 0.717) is 43.4 Å². The molecule has 692 valence electrons. The van der Waals surface area contributed by atoms with E-state index in [1.54, 1.807) is 68.0 Å². The molecule has 10 aromatic rings. The summed E-state index contributed by atoms with van der Waals surface area (Å²) in [6.07, 6.45) is 32.5. The largest absolute Gasteiger partial charge is 0.302 e. The topological polar surface area (TPSA) is 271 Å². The summed E-state index contributed by atoms with van der Waals surface area (Å²) < 4.78 is 0. The second kappa shape index (κ2) is 51.9. The average Bonchev–Trinajstić information content (AvgIpc) is 1.81. The summed E-state index contributed by atoms with van der Waals surface area (Å²) in [4.78, 5) is 114. The van der Waals surface area contributed by atoms with Gasteiger partial charge in [-0.2, -0.15) is 0 Å². The number of amides is 6. The first-order valence-corrected chi connectivity index (χ1v) is 51.2. The lowest BCUT2D eigenvalue weighted by Gasteiger charge is -2.39. The van der Waals surface area contributed by atoms with Gasteiger partial charge in [0.15, 0.2) is 30.8 Å². The predicted octanol–water partition coefficient (Wildman–Crippen LogP) is 20.4. The number of aryl methyl sites for hydroxylation is 1. The van der Waals surface area contributed by atoms with Gasteiger partial charge in [0.05, 0.1) is 0 Å². The summed E-state index contributed by atoms with van der Waals surface area (Å²) in [6.45, 7) is 35.3. The number of hydrogen-bond acceptors (Lipinski definition) is 24. The zero-order valence-corrected chi connectivity index (χ0v) is 81.8. The molecule has 6 saturated heterocycles. The summed E-state index contributed by atoms with van der Waals surface area (Å²) in [6, 6.07) is 41.1. The molecule has 7 aliphatic rings. The number of aromatic nitrogens is 6. The number of likely N-dealkylation sites (tertiary alicyclic amines) is 6. The van der Waals surface area contributed by atoms with Crippen molar-refractivity contribution in [3.8, 4) is 0 Å². The zero-order chi connectivity index (χ0) is 90.8. The molecule has 12 heterocycles. The Kier molecular flexibility index (Phi) is 39.9. The third-order valence-corrected chi connectivity index (χ3v) is 30.4. The van der Waals surface area contributed by atoms with Crippen molar-refractivity contribution in [2.24, 2.45) is 29.6 Å². The summed E-state index contributed by atoms with van der Waals surface area (Å²) in [5.74, 6) is 6.04. The molecule has 7 fully saturated rings. The Bertz CT molecular complexity index is 5030. The lowest BCUT2D eigenvalue weighted by atomic mass is 9.76. The van der Waals surface area contributed by atoms with Crippen LogP contribution in [0.4, 0.5) is 30.8 Å². The maximum absolute atomic E-state index is 11.1. The van der Waals surface area contributed by atoms with Crippen LogP contribution in [0, 0.1) is 36.5 Å². The molecule has 6 amide bonds. The number of anilines is 6. The minimum absolute atomic E-state index is 0.0470. The normalized spacial score (nSPS) is 17.9. The average molecular weight is 1860 g/mol. The molecular formula is C99H134N18O6S6. The molecule has 1 atom stereocenters. The second-order valence-corrected chi connectivity index (χ2v) is 42.6. The highest BCUT2D eigenvalue weighted by atomic mass is 32.1. The zero-order valence-electron chi connectivity index (χ0n) is 76.9. The van der Waals surface area contributed by atoms with Gasteiger partial charge < -0.3 is 31.9 Å². The van der Waals surface area contributed by atoms with Crippen molar-refractivity contribution in [2.75, 3.05) is 110 Å². The molecule has 129 heavy (non-hydrogen) atoms. The van der Waals surface area contributed by atoms with Gasteiger partial charge in [0.2, 0.25) is 35.4 Å². The Morgan fingerprint density at radius 2 is 0.651 bits per heavy atom. The monoisotopic (exact) mass is 1860 g/mol. The summed E-state index contributed by atoms with van der Waals surface area (Å²) in [7, 11) is 0. The van der Waals surface area contributed by atoms with E-state index in [2.05, 4.69) is 227 Å². The lowest BCUT2D eigenvalue weighted by molar-refractivity contribution is -0.115. The fraction of sp³-hybridized carbons (Fsp3) is 0.515. The van der Waals surface area contributed by atoms with E-state index in [1.165, 1.54) is 228 Å². The summed E-state index contributed by atoms with van der Waals surface area (Å²) in [5, 5.41) is 20.7. The highest BCUT2D eigenvalue weighted by Gasteiger charge is 2.32. The molecule has 1 unspecified atom stereocenters. The number of thiazole rings is 6. The van der Waals surface area contributed by atoms with Crippen LogP contribution in [-0.2, 0) is 74.5 Å². The number of benzene rings is 4. The van der Waals surface area contributed by atoms with Crippen molar-refractivity contribution in [2.45, 2.75) is 222 Å². The molecule has 1 saturated carbocycles. The van der Waals surface area contributed by atoms with E-state index in [-0.39, 0.29) is 35.4 Å². The van der Waals surface area contributed by atoms with E-state index >= 15 is 0 Å². The van der Waals surface area contributed by atoms with Crippen molar-refractivity contribution in [3.05, 3.63) is 210 Å². The molecule has 0 radical (unpaired) electrons. The third kappa shape index (κ3) is 34.7. The van der Waals surface area contributed by atoms with E-state index in [4.69, 9.17) is 0 Å². The minimum atomic E-state index is -0.0704. The smallest absolute Gasteiger partial charge is 0.223 e. The van der Waals surface area contributed by atoms with Crippen LogP contribution in [0.15, 0.2) is 152 Å². The molecule has 0 bridgehead atoms. The van der Waals surface area contributed by atoms with Crippen LogP contribution in [0.1, 0.15) is 227 Å². The van der Waals surface area contributed by atoms with Crippen molar-refractivity contribution in [1.29, 1.82) is 0 Å². The molecular weight excluding hydrogens is 1730 g/mol. The van der Waals surface area contributed by atoms with Crippen molar-refractivity contribution in [1.82, 2.24) is 59.3 Å². The maximum Gasteiger partial charge on any atom is 0.223 e. The van der Waals surface area contributed by atoms with E-state index in [1.807, 2.05) is 37.2 Å². The first-order chi connectivity index (χ1) is 62.4. The maximum atomic E-state index is 11.1. The number of nitrogens with one attached hydrogen (secondary N) is 6. The SMILES string of the molecule is CC(=O)Nc1ncc(CN2CC(c3ccccc3)C2)s1.CC(=O)Nc1ncc(CN2CCC(C(C)C)CC2)s1.CC(=O)Nc1ncc(CN2CCC(C3CCCCC3)CC2)s1.CC(=O)Nc1ncc(CN2CCC(Cc3ccccc3)CC2)s1.CC(=O)Nc1ncc(CN2CCC(c3cccc(C)c3)CC2)s1.CC(=O)Nc1ncc(CN2CCCC(c3ccccc3)C2)s1. The molecule has 0 spiro atoms. The summed E-state index contributed by atoms with van der Waals surface area (Å²) >= 11 is 9.44. The molecule has 30 heteroatoms. The third-order valence-electron chi connectivity index (χ3n) is 25.0. The van der Waals surface area contributed by atoms with Gasteiger partial charge in [-0.3, -0.25) is 58.2 Å². The molecule has 6 aromatic heterocycles. The standard InChI is InChI=1S/2C18H23N3OS.C17H21N3OS.C17H27N3OS.C15H17N3OS.C14H23N3OS/c1-13-4-3-5-16(10-13)15-6-8-21(9-7-15)12-17-11-19-18(23-17)20-14(2)22;1-14(22)20-18-19-12-17(23-18)13-21-9-7-16(8-10-21)11-15-5-3-2-4-6-15;1-13(21)19-17-18-10-16(22-17)12-20-9-5-8-15(11-20)14-6-3-2-4-7-14;1-13(21)19-17-18-11-16(22-17)12-20-9-7-15(8-10-20)14-5-3-2-4-6-14;1-11(19)17-15-16-7-14(20-15)10-18-8-13(9-18)12-5-3-2-4-6-12;1-10(2)12-4-6-17(7-5-12)9-13-8-15-14(19-13)16-11(3)18/h3-5,10-11,15H,6-9,12H2,1-2H3,(H,19,20,22);2-6,12,16H,7-11,13H2,1H3,(H,19,20,22);2-4,6-7,10,15H,5,8-9,11-12H2,1H3,(H,18,19,21);11,14-15H,2-10,12H2,1H3,(H,18,19,21);2-7,13H,8-10H2,1H3,(H,16,17,19);8,10,12H,4-7,9H2,1-3H3,(H,15,16,18). The molecule has 4 aromatic carbocycles. The first-order valence-electron chi connectivity index (χ1n) is 46.3. The van der Waals surface area contributed by atoms with Crippen molar-refractivity contribution in [3.63, 3.8) is 0 Å².